The summed E-state index contributed by atoms with van der Waals surface area (Å²) in [6, 6.07) is -4.12. The lowest BCUT2D eigenvalue weighted by Crippen LogP contribution is -2.67. The van der Waals surface area contributed by atoms with Crippen LogP contribution in [0, 0.1) is 0 Å². The number of nitrogens with one attached hydrogen (secondary N) is 1. The second kappa shape index (κ2) is 17.0. The monoisotopic (exact) mass is 697 g/mol. The molecule has 4 aliphatic rings. The van der Waals surface area contributed by atoms with Crippen LogP contribution < -0.4 is 39.7 Å². The number of ether oxygens (including phenoxy) is 6. The Kier molecular flexibility index (Phi) is 13.8. The van der Waals surface area contributed by atoms with Gasteiger partial charge in [0.2, 0.25) is 6.29 Å². The van der Waals surface area contributed by atoms with Crippen LogP contribution >= 0.6 is 0 Å². The van der Waals surface area contributed by atoms with E-state index in [0.717, 1.165) is 0 Å². The number of carbonyl (C=O) groups is 1. The molecule has 278 valence electrons. The van der Waals surface area contributed by atoms with Crippen LogP contribution in [0.15, 0.2) is 11.8 Å². The molecule has 0 aromatic carbocycles. The zero-order valence-corrected chi connectivity index (χ0v) is 26.2. The molecular weight excluding hydrogens is 646 g/mol. The molecule has 0 aromatic heterocycles. The molecule has 3 heterocycles. The lowest BCUT2D eigenvalue weighted by Gasteiger charge is -2.46. The van der Waals surface area contributed by atoms with Gasteiger partial charge < -0.3 is 104 Å². The van der Waals surface area contributed by atoms with Gasteiger partial charge >= 0.3 is 0 Å². The zero-order valence-electron chi connectivity index (χ0n) is 26.2. The van der Waals surface area contributed by atoms with Gasteiger partial charge in [-0.15, -0.1) is 0 Å². The minimum Gasteiger partial charge on any atom is -0.467 e. The van der Waals surface area contributed by atoms with Crippen molar-refractivity contribution >= 4 is 5.91 Å². The van der Waals surface area contributed by atoms with Crippen molar-refractivity contribution in [3.63, 3.8) is 0 Å². The fourth-order valence-electron chi connectivity index (χ4n) is 6.08. The normalized spacial score (nSPS) is 44.8. The van der Waals surface area contributed by atoms with Gasteiger partial charge in [0.15, 0.2) is 18.7 Å². The fraction of sp³-hybridized carbons (Fsp3) is 0.889. The van der Waals surface area contributed by atoms with Crippen LogP contribution in [0.4, 0.5) is 0 Å². The summed E-state index contributed by atoms with van der Waals surface area (Å²) in [6.45, 7) is -1.25. The largest absolute Gasteiger partial charge is 0.467 e. The molecule has 18 atom stereocenters. The molecule has 0 bridgehead atoms. The third-order valence-electron chi connectivity index (χ3n) is 8.98. The highest BCUT2D eigenvalue weighted by atomic mass is 16.8. The molecule has 3 aliphatic heterocycles. The topological polar surface area (TPSA) is 382 Å². The number of rotatable bonds is 13. The third kappa shape index (κ3) is 8.42. The molecule has 0 spiro atoms. The quantitative estimate of drug-likeness (QED) is 0.0849. The van der Waals surface area contributed by atoms with Crippen molar-refractivity contribution in [1.29, 1.82) is 0 Å². The Morgan fingerprint density at radius 3 is 2.12 bits per heavy atom. The molecule has 1 aliphatic carbocycles. The lowest BCUT2D eigenvalue weighted by atomic mass is 9.83. The fourth-order valence-corrected chi connectivity index (χ4v) is 6.08. The summed E-state index contributed by atoms with van der Waals surface area (Å²) in [5.41, 5.74) is 35.4. The molecule has 20 N–H and O–H groups in total. The summed E-state index contributed by atoms with van der Waals surface area (Å²) in [5.74, 6) is -0.643. The van der Waals surface area contributed by atoms with Crippen LogP contribution in [0.2, 0.25) is 0 Å². The Morgan fingerprint density at radius 1 is 0.854 bits per heavy atom. The molecule has 21 nitrogen and oxygen atoms in total. The van der Waals surface area contributed by atoms with Gasteiger partial charge in [-0.05, 0) is 18.9 Å². The zero-order chi connectivity index (χ0) is 35.4. The van der Waals surface area contributed by atoms with E-state index in [9.17, 15) is 40.5 Å². The number of hydrogen-bond donors (Lipinski definition) is 14. The van der Waals surface area contributed by atoms with Gasteiger partial charge in [-0.1, -0.05) is 0 Å². The highest BCUT2D eigenvalue weighted by molar-refractivity contribution is 5.81. The van der Waals surface area contributed by atoms with E-state index in [-0.39, 0.29) is 19.5 Å². The number of aliphatic hydroxyl groups is 7. The van der Waals surface area contributed by atoms with Crippen molar-refractivity contribution in [1.82, 2.24) is 5.32 Å². The van der Waals surface area contributed by atoms with Gasteiger partial charge in [0.25, 0.3) is 5.91 Å². The average molecular weight is 698 g/mol. The highest BCUT2D eigenvalue weighted by Gasteiger charge is 2.54. The van der Waals surface area contributed by atoms with E-state index < -0.39 is 129 Å². The maximum Gasteiger partial charge on any atom is 0.251 e. The van der Waals surface area contributed by atoms with E-state index >= 15 is 0 Å². The third-order valence-corrected chi connectivity index (χ3v) is 8.98. The molecule has 4 rings (SSSR count). The Labute approximate surface area is 276 Å². The van der Waals surface area contributed by atoms with E-state index in [2.05, 4.69) is 5.32 Å². The lowest BCUT2D eigenvalue weighted by molar-refractivity contribution is -0.282. The van der Waals surface area contributed by atoms with Gasteiger partial charge in [0, 0.05) is 19.1 Å². The molecule has 3 fully saturated rings. The number of amides is 1. The Hall–Kier alpha value is -1.71. The van der Waals surface area contributed by atoms with Crippen LogP contribution in [-0.4, -0.2) is 178 Å². The first kappa shape index (κ1) is 39.1. The van der Waals surface area contributed by atoms with Gasteiger partial charge in [-0.25, -0.2) is 0 Å². The van der Waals surface area contributed by atoms with Crippen LogP contribution in [0.1, 0.15) is 12.8 Å². The van der Waals surface area contributed by atoms with Gasteiger partial charge in [-0.2, -0.15) is 0 Å². The number of aliphatic hydroxyl groups excluding tert-OH is 7. The summed E-state index contributed by atoms with van der Waals surface area (Å²) in [7, 11) is 0. The maximum atomic E-state index is 12.7. The smallest absolute Gasteiger partial charge is 0.251 e. The Morgan fingerprint density at radius 2 is 1.50 bits per heavy atom. The molecule has 48 heavy (non-hydrogen) atoms. The van der Waals surface area contributed by atoms with Crippen molar-refractivity contribution in [3.05, 3.63) is 11.8 Å². The highest BCUT2D eigenvalue weighted by Crippen LogP contribution is 2.34. The minimum absolute atomic E-state index is 0.0549. The first-order valence-corrected chi connectivity index (χ1v) is 15.8. The SMILES string of the molecule is NCC1=CC[C@@H](N)[C@@H](O[C@H]2[C@H](O[C@@H]3O[C@H](CO)[C@@H](O[C@H]4O[C@@H](CN)[C@@H](O)[C@H](O)[C@H]4N)[C@H]3O)[C@@H](O)[C@H](NC(=O)C(O)[C@H](O)CN)C[C@@H]2N)O1. The molecule has 1 saturated carbocycles. The first-order valence-electron chi connectivity index (χ1n) is 15.8. The summed E-state index contributed by atoms with van der Waals surface area (Å²) in [5, 5.41) is 75.9. The number of carbonyl (C=O) groups excluding carboxylic acids is 1. The van der Waals surface area contributed by atoms with Crippen LogP contribution in [0.3, 0.4) is 0 Å². The van der Waals surface area contributed by atoms with E-state index in [1.54, 1.807) is 6.08 Å². The van der Waals surface area contributed by atoms with Crippen molar-refractivity contribution in [2.75, 3.05) is 26.2 Å². The molecule has 0 aromatic rings. The van der Waals surface area contributed by atoms with Crippen molar-refractivity contribution in [2.45, 2.75) is 123 Å². The molecule has 21 heteroatoms. The maximum absolute atomic E-state index is 12.7. The molecule has 2 saturated heterocycles. The number of nitrogens with two attached hydrogens (primary N) is 6. The second-order valence-electron chi connectivity index (χ2n) is 12.4. The summed E-state index contributed by atoms with van der Waals surface area (Å²) in [4.78, 5) is 12.7. The number of hydrogen-bond acceptors (Lipinski definition) is 20. The average Bonchev–Trinajstić information content (AvgIpc) is 3.37. The Balaban J connectivity index is 1.56. The van der Waals surface area contributed by atoms with Crippen molar-refractivity contribution < 1.29 is 69.0 Å². The molecular formula is C27H51N7O14. The molecule has 1 amide bonds. The van der Waals surface area contributed by atoms with Crippen LogP contribution in [-0.2, 0) is 33.2 Å². The summed E-state index contributed by atoms with van der Waals surface area (Å²) < 4.78 is 35.2. The minimum atomic E-state index is -1.92. The summed E-state index contributed by atoms with van der Waals surface area (Å²) in [6.07, 6.45) is -18.3. The van der Waals surface area contributed by atoms with E-state index in [1.165, 1.54) is 0 Å². The van der Waals surface area contributed by atoms with E-state index in [0.29, 0.717) is 12.2 Å². The van der Waals surface area contributed by atoms with Crippen molar-refractivity contribution in [3.8, 4) is 0 Å². The predicted octanol–water partition coefficient (Wildman–Crippen LogP) is -8.87. The van der Waals surface area contributed by atoms with E-state index in [4.69, 9.17) is 62.8 Å². The molecule has 1 unspecified atom stereocenters. The second-order valence-corrected chi connectivity index (χ2v) is 12.4. The Bertz CT molecular complexity index is 1080. The molecule has 0 radical (unpaired) electrons. The van der Waals surface area contributed by atoms with Crippen LogP contribution in [0.25, 0.3) is 0 Å². The van der Waals surface area contributed by atoms with Crippen molar-refractivity contribution in [2.24, 2.45) is 34.4 Å². The predicted molar refractivity (Wildman–Crippen MR) is 160 cm³/mol. The first-order chi connectivity index (χ1) is 22.8. The van der Waals surface area contributed by atoms with Gasteiger partial charge in [0.1, 0.15) is 66.8 Å². The van der Waals surface area contributed by atoms with E-state index in [1.807, 2.05) is 0 Å². The van der Waals surface area contributed by atoms with Gasteiger partial charge in [0.05, 0.1) is 31.3 Å². The van der Waals surface area contributed by atoms with Crippen LogP contribution in [0.5, 0.6) is 0 Å². The standard InChI is InChI=1S/C27H51N7O14/c28-4-8-1-2-9(31)25(43-8)46-21-10(32)3-11(34-24(42)17(38)12(36)5-29)16(37)23(21)48-27-20(41)22(14(7-35)45-27)47-26-15(33)19(40)18(39)13(6-30)44-26/h1,9-23,25-27,35-41H,2-7,28-33H2,(H,34,42)/t9-,10+,11-,12-,13+,14-,15-,16+,17?,18-,19-,20-,21-,22-,23-,25-,26-,27+/m1/s1. The summed E-state index contributed by atoms with van der Waals surface area (Å²) >= 11 is 0. The van der Waals surface area contributed by atoms with Gasteiger partial charge in [-0.3, -0.25) is 4.79 Å².